The highest BCUT2D eigenvalue weighted by Gasteiger charge is 2.07. The topological polar surface area (TPSA) is 37.0 Å². The van der Waals surface area contributed by atoms with Gasteiger partial charge < -0.3 is 10.6 Å². The predicted molar refractivity (Wildman–Crippen MR) is 114 cm³/mol. The zero-order chi connectivity index (χ0) is 17.8. The lowest BCUT2D eigenvalue weighted by Gasteiger charge is -2.09. The minimum Gasteiger partial charge on any atom is -0.332 e. The molecule has 0 aliphatic heterocycles. The van der Waals surface area contributed by atoms with Crippen molar-refractivity contribution < 1.29 is 0 Å². The summed E-state index contributed by atoms with van der Waals surface area (Å²) in [5.41, 5.74) is 5.91. The van der Waals surface area contributed by atoms with E-state index in [0.29, 0.717) is 5.11 Å². The highest BCUT2D eigenvalue weighted by atomic mass is 32.1. The summed E-state index contributed by atoms with van der Waals surface area (Å²) >= 11 is 7.04. The Morgan fingerprint density at radius 3 is 2.52 bits per heavy atom. The van der Waals surface area contributed by atoms with E-state index in [2.05, 4.69) is 72.8 Å². The van der Waals surface area contributed by atoms with E-state index in [1.165, 1.54) is 34.2 Å². The molecule has 2 aromatic carbocycles. The van der Waals surface area contributed by atoms with Crippen molar-refractivity contribution in [3.05, 3.63) is 53.1 Å². The molecule has 0 aliphatic rings. The van der Waals surface area contributed by atoms with Crippen molar-refractivity contribution in [3.8, 4) is 0 Å². The molecule has 0 fully saturated rings. The van der Waals surface area contributed by atoms with Crippen LogP contribution in [0, 0.1) is 13.8 Å². The molecule has 3 rings (SSSR count). The zero-order valence-electron chi connectivity index (χ0n) is 14.8. The number of anilines is 2. The van der Waals surface area contributed by atoms with Crippen molar-refractivity contribution >= 4 is 49.7 Å². The van der Waals surface area contributed by atoms with Crippen molar-refractivity contribution in [2.45, 2.75) is 40.0 Å². The third-order valence-corrected chi connectivity index (χ3v) is 5.39. The van der Waals surface area contributed by atoms with Crippen LogP contribution in [0.4, 0.5) is 10.8 Å². The first-order valence-electron chi connectivity index (χ1n) is 8.60. The summed E-state index contributed by atoms with van der Waals surface area (Å²) in [7, 11) is 0. The number of rotatable bonds is 5. The zero-order valence-corrected chi connectivity index (χ0v) is 16.5. The number of thiazole rings is 1. The summed E-state index contributed by atoms with van der Waals surface area (Å²) < 4.78 is 1.17. The van der Waals surface area contributed by atoms with E-state index in [9.17, 15) is 0 Å². The maximum absolute atomic E-state index is 5.42. The molecule has 2 N–H and O–H groups in total. The van der Waals surface area contributed by atoms with Gasteiger partial charge in [0.2, 0.25) is 0 Å². The first-order valence-corrected chi connectivity index (χ1v) is 9.82. The number of benzene rings is 2. The molecule has 3 aromatic rings. The molecule has 0 radical (unpaired) electrons. The van der Waals surface area contributed by atoms with E-state index in [1.54, 1.807) is 11.3 Å². The minimum absolute atomic E-state index is 0.564. The van der Waals surface area contributed by atoms with Gasteiger partial charge in [0.1, 0.15) is 0 Å². The van der Waals surface area contributed by atoms with Crippen molar-refractivity contribution in [1.29, 1.82) is 0 Å². The molecule has 1 heterocycles. The monoisotopic (exact) mass is 369 g/mol. The Hall–Kier alpha value is -1.98. The molecular weight excluding hydrogens is 346 g/mol. The lowest BCUT2D eigenvalue weighted by Crippen LogP contribution is -2.18. The molecule has 0 aliphatic carbocycles. The number of aryl methyl sites for hydroxylation is 3. The van der Waals surface area contributed by atoms with Gasteiger partial charge in [-0.05, 0) is 79.9 Å². The smallest absolute Gasteiger partial charge is 0.190 e. The number of nitrogens with zero attached hydrogens (tertiary/aromatic N) is 1. The van der Waals surface area contributed by atoms with Gasteiger partial charge in [-0.15, -0.1) is 0 Å². The van der Waals surface area contributed by atoms with Crippen molar-refractivity contribution in [2.75, 3.05) is 10.6 Å². The first-order chi connectivity index (χ1) is 12.0. The van der Waals surface area contributed by atoms with Gasteiger partial charge in [-0.2, -0.15) is 0 Å². The number of aromatic nitrogens is 1. The summed E-state index contributed by atoms with van der Waals surface area (Å²) in [6.07, 6.45) is 3.57. The average molecular weight is 370 g/mol. The molecule has 0 spiro atoms. The molecule has 25 heavy (non-hydrogen) atoms. The van der Waals surface area contributed by atoms with E-state index < -0.39 is 0 Å². The third-order valence-electron chi connectivity index (χ3n) is 4.26. The highest BCUT2D eigenvalue weighted by molar-refractivity contribution is 7.80. The maximum Gasteiger partial charge on any atom is 0.190 e. The fourth-order valence-electron chi connectivity index (χ4n) is 2.63. The van der Waals surface area contributed by atoms with Crippen LogP contribution < -0.4 is 10.6 Å². The van der Waals surface area contributed by atoms with E-state index in [1.807, 2.05) is 0 Å². The van der Waals surface area contributed by atoms with Crippen LogP contribution in [0.3, 0.4) is 0 Å². The summed E-state index contributed by atoms with van der Waals surface area (Å²) in [4.78, 5) is 4.62. The number of fused-ring (bicyclic) bond motifs is 1. The maximum atomic E-state index is 5.42. The Morgan fingerprint density at radius 1 is 1.08 bits per heavy atom. The number of hydrogen-bond acceptors (Lipinski definition) is 3. The Morgan fingerprint density at radius 2 is 1.80 bits per heavy atom. The van der Waals surface area contributed by atoms with Gasteiger partial charge in [0.15, 0.2) is 10.2 Å². The Labute approximate surface area is 158 Å². The molecule has 130 valence electrons. The van der Waals surface area contributed by atoms with E-state index in [4.69, 9.17) is 12.2 Å². The fourth-order valence-corrected chi connectivity index (χ4v) is 3.86. The summed E-state index contributed by atoms with van der Waals surface area (Å²) in [6, 6.07) is 12.8. The van der Waals surface area contributed by atoms with Crippen LogP contribution in [-0.2, 0) is 6.42 Å². The first kappa shape index (κ1) is 17.8. The summed E-state index contributed by atoms with van der Waals surface area (Å²) in [5, 5.41) is 7.80. The summed E-state index contributed by atoms with van der Waals surface area (Å²) in [5.74, 6) is 0. The van der Waals surface area contributed by atoms with E-state index in [0.717, 1.165) is 22.8 Å². The molecule has 0 amide bonds. The van der Waals surface area contributed by atoms with Crippen LogP contribution in [0.25, 0.3) is 10.2 Å². The second-order valence-electron chi connectivity index (χ2n) is 6.30. The molecule has 5 heteroatoms. The van der Waals surface area contributed by atoms with Gasteiger partial charge >= 0.3 is 0 Å². The van der Waals surface area contributed by atoms with Gasteiger partial charge in [-0.1, -0.05) is 36.8 Å². The van der Waals surface area contributed by atoms with Crippen LogP contribution in [0.2, 0.25) is 0 Å². The predicted octanol–water partition coefficient (Wildman–Crippen LogP) is 6.06. The van der Waals surface area contributed by atoms with Crippen molar-refractivity contribution in [2.24, 2.45) is 0 Å². The van der Waals surface area contributed by atoms with Crippen LogP contribution in [0.1, 0.15) is 36.5 Å². The fraction of sp³-hybridized carbons (Fsp3) is 0.300. The van der Waals surface area contributed by atoms with Gasteiger partial charge in [-0.3, -0.25) is 0 Å². The molecule has 0 bridgehead atoms. The SMILES string of the molecule is CCCCc1ccc(NC(=S)Nc2nc3cc(C)c(C)cc3s2)cc1. The van der Waals surface area contributed by atoms with E-state index in [-0.39, 0.29) is 0 Å². The van der Waals surface area contributed by atoms with Crippen LogP contribution in [-0.4, -0.2) is 10.1 Å². The molecule has 0 saturated carbocycles. The van der Waals surface area contributed by atoms with Gasteiger partial charge in [0, 0.05) is 5.69 Å². The van der Waals surface area contributed by atoms with Crippen molar-refractivity contribution in [1.82, 2.24) is 4.98 Å². The third kappa shape index (κ3) is 4.55. The molecule has 0 unspecified atom stereocenters. The Bertz CT molecular complexity index is 843. The Balaban J connectivity index is 1.64. The molecule has 0 atom stereocenters. The largest absolute Gasteiger partial charge is 0.332 e. The van der Waals surface area contributed by atoms with Gasteiger partial charge in [0.05, 0.1) is 10.2 Å². The number of nitrogens with one attached hydrogen (secondary N) is 2. The number of unbranched alkanes of at least 4 members (excludes halogenated alkanes) is 1. The van der Waals surface area contributed by atoms with Crippen LogP contribution in [0.5, 0.6) is 0 Å². The standard InChI is InChI=1S/C20H23N3S2/c1-4-5-6-15-7-9-16(10-8-15)21-19(24)23-20-22-17-11-13(2)14(3)12-18(17)25-20/h7-12H,4-6H2,1-3H3,(H2,21,22,23,24). The summed E-state index contributed by atoms with van der Waals surface area (Å²) in [6.45, 7) is 6.44. The molecule has 0 saturated heterocycles. The second kappa shape index (κ2) is 7.93. The van der Waals surface area contributed by atoms with E-state index >= 15 is 0 Å². The number of thiocarbonyl (C=S) groups is 1. The normalized spacial score (nSPS) is 10.8. The highest BCUT2D eigenvalue weighted by Crippen LogP contribution is 2.28. The van der Waals surface area contributed by atoms with Gasteiger partial charge in [-0.25, -0.2) is 4.98 Å². The molecule has 1 aromatic heterocycles. The lowest BCUT2D eigenvalue weighted by atomic mass is 10.1. The second-order valence-corrected chi connectivity index (χ2v) is 7.74. The Kier molecular flexibility index (Phi) is 5.66. The molecule has 3 nitrogen and oxygen atoms in total. The van der Waals surface area contributed by atoms with Gasteiger partial charge in [0.25, 0.3) is 0 Å². The quantitative estimate of drug-likeness (QED) is 0.536. The minimum atomic E-state index is 0.564. The molecular formula is C20H23N3S2. The lowest BCUT2D eigenvalue weighted by molar-refractivity contribution is 0.795. The van der Waals surface area contributed by atoms with Crippen LogP contribution >= 0.6 is 23.6 Å². The van der Waals surface area contributed by atoms with Crippen molar-refractivity contribution in [3.63, 3.8) is 0 Å². The number of hydrogen-bond donors (Lipinski definition) is 2. The van der Waals surface area contributed by atoms with Crippen LogP contribution in [0.15, 0.2) is 36.4 Å². The average Bonchev–Trinajstić information content (AvgIpc) is 2.95.